The number of para-hydroxylation sites is 1. The third-order valence-corrected chi connectivity index (χ3v) is 3.70. The van der Waals surface area contributed by atoms with Gasteiger partial charge in [0, 0.05) is 12.2 Å². The van der Waals surface area contributed by atoms with Crippen molar-refractivity contribution in [3.63, 3.8) is 0 Å². The number of hydrogen-bond acceptors (Lipinski definition) is 3. The summed E-state index contributed by atoms with van der Waals surface area (Å²) < 4.78 is 5.69. The molecule has 2 N–H and O–H groups in total. The van der Waals surface area contributed by atoms with Gasteiger partial charge in [0.15, 0.2) is 6.61 Å². The van der Waals surface area contributed by atoms with Crippen LogP contribution in [0.1, 0.15) is 17.5 Å². The van der Waals surface area contributed by atoms with Crippen LogP contribution in [-0.2, 0) is 11.2 Å². The molecule has 1 aliphatic heterocycles. The van der Waals surface area contributed by atoms with Crippen molar-refractivity contribution < 1.29 is 9.53 Å². The monoisotopic (exact) mass is 296 g/mol. The van der Waals surface area contributed by atoms with E-state index < -0.39 is 0 Å². The lowest BCUT2D eigenvalue weighted by atomic mass is 10.0. The summed E-state index contributed by atoms with van der Waals surface area (Å²) in [5.74, 6) is 0.593. The van der Waals surface area contributed by atoms with Gasteiger partial charge in [-0.1, -0.05) is 24.3 Å². The van der Waals surface area contributed by atoms with Gasteiger partial charge in [-0.2, -0.15) is 0 Å². The van der Waals surface area contributed by atoms with Gasteiger partial charge in [0.25, 0.3) is 5.91 Å². The molecule has 0 aromatic heterocycles. The Bertz CT molecular complexity index is 683. The molecule has 114 valence electrons. The van der Waals surface area contributed by atoms with E-state index in [9.17, 15) is 4.79 Å². The predicted molar refractivity (Wildman–Crippen MR) is 88.6 cm³/mol. The highest BCUT2D eigenvalue weighted by Gasteiger charge is 2.14. The molecule has 22 heavy (non-hydrogen) atoms. The first kappa shape index (κ1) is 14.4. The summed E-state index contributed by atoms with van der Waals surface area (Å²) >= 11 is 0. The van der Waals surface area contributed by atoms with Crippen LogP contribution in [0.5, 0.6) is 5.75 Å². The van der Waals surface area contributed by atoms with Crippen molar-refractivity contribution in [1.29, 1.82) is 0 Å². The number of fused-ring (bicyclic) bond motifs is 1. The van der Waals surface area contributed by atoms with Crippen LogP contribution in [0.25, 0.3) is 0 Å². The molecule has 2 aromatic carbocycles. The molecule has 4 nitrogen and oxygen atoms in total. The van der Waals surface area contributed by atoms with Crippen LogP contribution in [0.3, 0.4) is 0 Å². The minimum Gasteiger partial charge on any atom is -0.482 e. The maximum absolute atomic E-state index is 12.0. The van der Waals surface area contributed by atoms with E-state index in [2.05, 4.69) is 16.7 Å². The van der Waals surface area contributed by atoms with Crippen molar-refractivity contribution in [2.24, 2.45) is 0 Å². The first-order valence-corrected chi connectivity index (χ1v) is 7.57. The zero-order chi connectivity index (χ0) is 15.4. The van der Waals surface area contributed by atoms with E-state index in [0.29, 0.717) is 0 Å². The number of carbonyl (C=O) groups excluding carboxylic acids is 1. The molecule has 0 unspecified atom stereocenters. The Morgan fingerprint density at radius 2 is 2.14 bits per heavy atom. The van der Waals surface area contributed by atoms with Crippen LogP contribution in [0.15, 0.2) is 42.5 Å². The van der Waals surface area contributed by atoms with Gasteiger partial charge in [0.05, 0.1) is 5.69 Å². The van der Waals surface area contributed by atoms with E-state index in [1.54, 1.807) is 0 Å². The molecule has 0 fully saturated rings. The third kappa shape index (κ3) is 3.39. The second kappa shape index (κ2) is 6.52. The second-order valence-electron chi connectivity index (χ2n) is 5.53. The molecule has 2 aromatic rings. The Balaban J connectivity index is 1.62. The molecular weight excluding hydrogens is 276 g/mol. The zero-order valence-corrected chi connectivity index (χ0v) is 12.7. The lowest BCUT2D eigenvalue weighted by Gasteiger charge is -2.21. The SMILES string of the molecule is Cc1cccc(NC(=O)COc2cccc3c2NCCC3)c1. The number of hydrogen-bond donors (Lipinski definition) is 2. The number of ether oxygens (including phenoxy) is 1. The van der Waals surface area contributed by atoms with Gasteiger partial charge in [0.1, 0.15) is 5.75 Å². The average Bonchev–Trinajstić information content (AvgIpc) is 2.53. The van der Waals surface area contributed by atoms with E-state index >= 15 is 0 Å². The van der Waals surface area contributed by atoms with Gasteiger partial charge in [0.2, 0.25) is 0 Å². The molecule has 0 spiro atoms. The summed E-state index contributed by atoms with van der Waals surface area (Å²) in [4.78, 5) is 12.0. The molecule has 0 saturated heterocycles. The molecule has 0 aliphatic carbocycles. The molecular formula is C18H20N2O2. The van der Waals surface area contributed by atoms with E-state index in [1.807, 2.05) is 43.3 Å². The Hall–Kier alpha value is -2.49. The van der Waals surface area contributed by atoms with Crippen molar-refractivity contribution in [3.05, 3.63) is 53.6 Å². The van der Waals surface area contributed by atoms with Gasteiger partial charge in [-0.3, -0.25) is 4.79 Å². The number of carbonyl (C=O) groups is 1. The first-order valence-electron chi connectivity index (χ1n) is 7.57. The van der Waals surface area contributed by atoms with Crippen LogP contribution in [-0.4, -0.2) is 19.1 Å². The minimum atomic E-state index is -0.154. The molecule has 0 saturated carbocycles. The standard InChI is InChI=1S/C18H20N2O2/c1-13-5-2-8-15(11-13)20-17(21)12-22-16-9-3-6-14-7-4-10-19-18(14)16/h2-3,5-6,8-9,11,19H,4,7,10,12H2,1H3,(H,20,21). The predicted octanol–water partition coefficient (Wildman–Crippen LogP) is 3.37. The number of benzene rings is 2. The fourth-order valence-electron chi connectivity index (χ4n) is 2.66. The van der Waals surface area contributed by atoms with E-state index in [-0.39, 0.29) is 12.5 Å². The smallest absolute Gasteiger partial charge is 0.262 e. The van der Waals surface area contributed by atoms with Crippen LogP contribution in [0.2, 0.25) is 0 Å². The highest BCUT2D eigenvalue weighted by molar-refractivity contribution is 5.92. The van der Waals surface area contributed by atoms with Gasteiger partial charge < -0.3 is 15.4 Å². The summed E-state index contributed by atoms with van der Waals surface area (Å²) in [5, 5.41) is 6.20. The molecule has 3 rings (SSSR count). The van der Waals surface area contributed by atoms with Gasteiger partial charge in [-0.05, 0) is 49.1 Å². The van der Waals surface area contributed by atoms with E-state index in [0.717, 1.165) is 42.1 Å². The highest BCUT2D eigenvalue weighted by atomic mass is 16.5. The Morgan fingerprint density at radius 3 is 3.00 bits per heavy atom. The van der Waals surface area contributed by atoms with Crippen molar-refractivity contribution in [2.75, 3.05) is 23.8 Å². The Labute approximate surface area is 130 Å². The molecule has 1 heterocycles. The molecule has 4 heteroatoms. The normalized spacial score (nSPS) is 13.0. The summed E-state index contributed by atoms with van der Waals surface area (Å²) in [6.45, 7) is 2.95. The number of rotatable bonds is 4. The summed E-state index contributed by atoms with van der Waals surface area (Å²) in [5.41, 5.74) is 4.18. The summed E-state index contributed by atoms with van der Waals surface area (Å²) in [7, 11) is 0. The lowest BCUT2D eigenvalue weighted by Crippen LogP contribution is -2.21. The minimum absolute atomic E-state index is 0.00603. The molecule has 0 bridgehead atoms. The van der Waals surface area contributed by atoms with Crippen LogP contribution in [0, 0.1) is 6.92 Å². The summed E-state index contributed by atoms with van der Waals surface area (Å²) in [6, 6.07) is 13.7. The molecule has 0 radical (unpaired) electrons. The molecule has 1 amide bonds. The zero-order valence-electron chi connectivity index (χ0n) is 12.7. The van der Waals surface area contributed by atoms with Crippen LogP contribution >= 0.6 is 0 Å². The maximum atomic E-state index is 12.0. The number of nitrogens with one attached hydrogen (secondary N) is 2. The topological polar surface area (TPSA) is 50.4 Å². The van der Waals surface area contributed by atoms with Crippen molar-refractivity contribution in [1.82, 2.24) is 0 Å². The van der Waals surface area contributed by atoms with Crippen molar-refractivity contribution in [2.45, 2.75) is 19.8 Å². The van der Waals surface area contributed by atoms with E-state index in [1.165, 1.54) is 5.56 Å². The number of anilines is 2. The quantitative estimate of drug-likeness (QED) is 0.909. The van der Waals surface area contributed by atoms with Crippen LogP contribution in [0.4, 0.5) is 11.4 Å². The largest absolute Gasteiger partial charge is 0.482 e. The van der Waals surface area contributed by atoms with Gasteiger partial charge in [-0.25, -0.2) is 0 Å². The maximum Gasteiger partial charge on any atom is 0.262 e. The molecule has 0 atom stereocenters. The second-order valence-corrected chi connectivity index (χ2v) is 5.53. The number of amides is 1. The average molecular weight is 296 g/mol. The highest BCUT2D eigenvalue weighted by Crippen LogP contribution is 2.31. The van der Waals surface area contributed by atoms with Crippen LogP contribution < -0.4 is 15.4 Å². The Morgan fingerprint density at radius 1 is 1.27 bits per heavy atom. The fraction of sp³-hybridized carbons (Fsp3) is 0.278. The summed E-state index contributed by atoms with van der Waals surface area (Å²) in [6.07, 6.45) is 2.18. The van der Waals surface area contributed by atoms with E-state index in [4.69, 9.17) is 4.74 Å². The number of aryl methyl sites for hydroxylation is 2. The molecule has 1 aliphatic rings. The lowest BCUT2D eigenvalue weighted by molar-refractivity contribution is -0.118. The van der Waals surface area contributed by atoms with Crippen molar-refractivity contribution in [3.8, 4) is 5.75 Å². The Kier molecular flexibility index (Phi) is 4.28. The third-order valence-electron chi connectivity index (χ3n) is 3.70. The van der Waals surface area contributed by atoms with Crippen molar-refractivity contribution >= 4 is 17.3 Å². The fourth-order valence-corrected chi connectivity index (χ4v) is 2.66. The van der Waals surface area contributed by atoms with Gasteiger partial charge >= 0.3 is 0 Å². The van der Waals surface area contributed by atoms with Gasteiger partial charge in [-0.15, -0.1) is 0 Å². The first-order chi connectivity index (χ1) is 10.7.